The molecule has 1 heterocycles. The lowest BCUT2D eigenvalue weighted by Crippen LogP contribution is -2.42. The molecule has 0 aliphatic rings. The van der Waals surface area contributed by atoms with Crippen molar-refractivity contribution >= 4 is 0 Å². The summed E-state index contributed by atoms with van der Waals surface area (Å²) in [5, 5.41) is 3.53. The second-order valence-electron chi connectivity index (χ2n) is 5.33. The van der Waals surface area contributed by atoms with Gasteiger partial charge in [-0.05, 0) is 33.0 Å². The van der Waals surface area contributed by atoms with E-state index in [2.05, 4.69) is 48.1 Å². The third-order valence-electron chi connectivity index (χ3n) is 3.75. The molecule has 1 unspecified atom stereocenters. The highest BCUT2D eigenvalue weighted by atomic mass is 15.1. The van der Waals surface area contributed by atoms with E-state index in [4.69, 9.17) is 0 Å². The van der Waals surface area contributed by atoms with Crippen molar-refractivity contribution in [2.45, 2.75) is 46.2 Å². The largest absolute Gasteiger partial charge is 0.310 e. The molecule has 19 heavy (non-hydrogen) atoms. The first-order chi connectivity index (χ1) is 9.08. The normalized spacial score (nSPS) is 13.2. The first-order valence-corrected chi connectivity index (χ1v) is 7.24. The van der Waals surface area contributed by atoms with Crippen LogP contribution in [0.2, 0.25) is 0 Å². The molecule has 1 N–H and O–H groups in total. The molecule has 4 heteroatoms. The van der Waals surface area contributed by atoms with Gasteiger partial charge in [0.2, 0.25) is 0 Å². The molecule has 0 bridgehead atoms. The van der Waals surface area contributed by atoms with Gasteiger partial charge >= 0.3 is 0 Å². The van der Waals surface area contributed by atoms with Gasteiger partial charge in [-0.1, -0.05) is 26.7 Å². The van der Waals surface area contributed by atoms with Gasteiger partial charge in [0.15, 0.2) is 0 Å². The predicted molar refractivity (Wildman–Crippen MR) is 80.0 cm³/mol. The summed E-state index contributed by atoms with van der Waals surface area (Å²) in [4.78, 5) is 10.9. The van der Waals surface area contributed by atoms with Crippen molar-refractivity contribution in [1.82, 2.24) is 20.2 Å². The Kier molecular flexibility index (Phi) is 6.95. The van der Waals surface area contributed by atoms with Crippen molar-refractivity contribution in [3.63, 3.8) is 0 Å². The number of aromatic nitrogens is 2. The fourth-order valence-electron chi connectivity index (χ4n) is 2.56. The molecule has 108 valence electrons. The molecule has 1 aromatic rings. The Labute approximate surface area is 117 Å². The van der Waals surface area contributed by atoms with Crippen LogP contribution in [-0.2, 0) is 6.54 Å². The Morgan fingerprint density at radius 3 is 2.47 bits per heavy atom. The topological polar surface area (TPSA) is 41.1 Å². The van der Waals surface area contributed by atoms with Crippen molar-refractivity contribution in [3.05, 3.63) is 23.8 Å². The fraction of sp³-hybridized carbons (Fsp3) is 0.733. The summed E-state index contributed by atoms with van der Waals surface area (Å²) in [6.07, 6.45) is 4.28. The quantitative estimate of drug-likeness (QED) is 0.782. The molecule has 4 nitrogen and oxygen atoms in total. The smallest absolute Gasteiger partial charge is 0.125 e. The third-order valence-corrected chi connectivity index (χ3v) is 3.75. The number of rotatable bonds is 8. The second kappa shape index (κ2) is 8.23. The van der Waals surface area contributed by atoms with E-state index in [9.17, 15) is 0 Å². The molecule has 0 radical (unpaired) electrons. The minimum Gasteiger partial charge on any atom is -0.310 e. The summed E-state index contributed by atoms with van der Waals surface area (Å²) in [6.45, 7) is 8.30. The monoisotopic (exact) mass is 264 g/mol. The number of aryl methyl sites for hydroxylation is 1. The van der Waals surface area contributed by atoms with Gasteiger partial charge in [-0.25, -0.2) is 9.97 Å². The Balaban J connectivity index is 2.48. The number of nitrogens with one attached hydrogen (secondary N) is 1. The van der Waals surface area contributed by atoms with Crippen LogP contribution < -0.4 is 5.32 Å². The maximum absolute atomic E-state index is 4.41. The lowest BCUT2D eigenvalue weighted by molar-refractivity contribution is 0.193. The van der Waals surface area contributed by atoms with Gasteiger partial charge in [-0.15, -0.1) is 0 Å². The SMILES string of the molecule is CCC(CC)C(CNCc1ccnc(C)n1)N(C)C. The van der Waals surface area contributed by atoms with E-state index in [-0.39, 0.29) is 0 Å². The highest BCUT2D eigenvalue weighted by molar-refractivity contribution is 5.01. The molecular formula is C15H28N4. The van der Waals surface area contributed by atoms with Crippen LogP contribution in [0.5, 0.6) is 0 Å². The fourth-order valence-corrected chi connectivity index (χ4v) is 2.56. The molecule has 1 aromatic heterocycles. The molecule has 0 saturated heterocycles. The number of nitrogens with zero attached hydrogens (tertiary/aromatic N) is 3. The van der Waals surface area contributed by atoms with Crippen molar-refractivity contribution in [1.29, 1.82) is 0 Å². The number of hydrogen-bond donors (Lipinski definition) is 1. The van der Waals surface area contributed by atoms with Crippen LogP contribution in [-0.4, -0.2) is 41.5 Å². The zero-order valence-corrected chi connectivity index (χ0v) is 13.0. The maximum Gasteiger partial charge on any atom is 0.125 e. The van der Waals surface area contributed by atoms with E-state index in [1.807, 2.05) is 19.2 Å². The van der Waals surface area contributed by atoms with Crippen molar-refractivity contribution in [3.8, 4) is 0 Å². The number of likely N-dealkylation sites (N-methyl/N-ethyl adjacent to an activating group) is 1. The molecule has 0 spiro atoms. The molecule has 0 aliphatic carbocycles. The van der Waals surface area contributed by atoms with Gasteiger partial charge < -0.3 is 10.2 Å². The van der Waals surface area contributed by atoms with Crippen LogP contribution in [0.4, 0.5) is 0 Å². The zero-order valence-electron chi connectivity index (χ0n) is 13.0. The average Bonchev–Trinajstić information content (AvgIpc) is 2.38. The van der Waals surface area contributed by atoms with E-state index in [1.54, 1.807) is 0 Å². The van der Waals surface area contributed by atoms with Crippen LogP contribution in [0.25, 0.3) is 0 Å². The molecule has 0 aliphatic heterocycles. The lowest BCUT2D eigenvalue weighted by Gasteiger charge is -2.31. The third kappa shape index (κ3) is 5.25. The summed E-state index contributed by atoms with van der Waals surface area (Å²) in [7, 11) is 4.33. The highest BCUT2D eigenvalue weighted by Gasteiger charge is 2.19. The van der Waals surface area contributed by atoms with E-state index in [1.165, 1.54) is 12.8 Å². The summed E-state index contributed by atoms with van der Waals surface area (Å²) >= 11 is 0. The van der Waals surface area contributed by atoms with Gasteiger partial charge in [0.25, 0.3) is 0 Å². The van der Waals surface area contributed by atoms with E-state index in [0.29, 0.717) is 6.04 Å². The molecule has 0 saturated carbocycles. The van der Waals surface area contributed by atoms with Crippen LogP contribution in [0, 0.1) is 12.8 Å². The Morgan fingerprint density at radius 1 is 1.26 bits per heavy atom. The molecule has 0 aromatic carbocycles. The van der Waals surface area contributed by atoms with Crippen molar-refractivity contribution < 1.29 is 0 Å². The minimum atomic E-state index is 0.581. The van der Waals surface area contributed by atoms with Gasteiger partial charge in [0.1, 0.15) is 5.82 Å². The minimum absolute atomic E-state index is 0.581. The first-order valence-electron chi connectivity index (χ1n) is 7.24. The van der Waals surface area contributed by atoms with E-state index >= 15 is 0 Å². The van der Waals surface area contributed by atoms with Crippen LogP contribution in [0.15, 0.2) is 12.3 Å². The summed E-state index contributed by atoms with van der Waals surface area (Å²) in [5.74, 6) is 1.58. The van der Waals surface area contributed by atoms with Crippen LogP contribution >= 0.6 is 0 Å². The summed E-state index contributed by atoms with van der Waals surface area (Å²) in [6, 6.07) is 2.56. The Bertz CT molecular complexity index is 361. The van der Waals surface area contributed by atoms with Gasteiger partial charge in [0, 0.05) is 25.3 Å². The van der Waals surface area contributed by atoms with Crippen LogP contribution in [0.3, 0.4) is 0 Å². The second-order valence-corrected chi connectivity index (χ2v) is 5.33. The molecular weight excluding hydrogens is 236 g/mol. The van der Waals surface area contributed by atoms with E-state index in [0.717, 1.165) is 30.5 Å². The average molecular weight is 264 g/mol. The Morgan fingerprint density at radius 2 is 1.95 bits per heavy atom. The summed E-state index contributed by atoms with van der Waals surface area (Å²) in [5.41, 5.74) is 1.06. The molecule has 1 atom stereocenters. The van der Waals surface area contributed by atoms with E-state index < -0.39 is 0 Å². The highest BCUT2D eigenvalue weighted by Crippen LogP contribution is 2.16. The van der Waals surface area contributed by atoms with Gasteiger partial charge in [-0.2, -0.15) is 0 Å². The van der Waals surface area contributed by atoms with Gasteiger partial charge in [0.05, 0.1) is 5.69 Å². The van der Waals surface area contributed by atoms with Crippen molar-refractivity contribution in [2.75, 3.05) is 20.6 Å². The summed E-state index contributed by atoms with van der Waals surface area (Å²) < 4.78 is 0. The lowest BCUT2D eigenvalue weighted by atomic mass is 9.93. The van der Waals surface area contributed by atoms with Crippen LogP contribution in [0.1, 0.15) is 38.2 Å². The Hall–Kier alpha value is -1.00. The first kappa shape index (κ1) is 16.1. The molecule has 1 rings (SSSR count). The van der Waals surface area contributed by atoms with Crippen molar-refractivity contribution in [2.24, 2.45) is 5.92 Å². The number of hydrogen-bond acceptors (Lipinski definition) is 4. The predicted octanol–water partition coefficient (Wildman–Crippen LogP) is 2.24. The standard InChI is InChI=1S/C15H28N4/c1-6-13(7-2)15(19(4)5)11-16-10-14-8-9-17-12(3)18-14/h8-9,13,15-16H,6-7,10-11H2,1-5H3. The van der Waals surface area contributed by atoms with Gasteiger partial charge in [-0.3, -0.25) is 0 Å². The molecule has 0 amide bonds. The molecule has 0 fully saturated rings. The zero-order chi connectivity index (χ0) is 14.3. The maximum atomic E-state index is 4.41.